The smallest absolute Gasteiger partial charge is 0.253 e. The molecular formula is C20H23NO2S. The van der Waals surface area contributed by atoms with Crippen molar-refractivity contribution in [1.29, 1.82) is 0 Å². The van der Waals surface area contributed by atoms with Crippen LogP contribution < -0.4 is 0 Å². The lowest BCUT2D eigenvalue weighted by atomic mass is 10.1. The van der Waals surface area contributed by atoms with Gasteiger partial charge in [0.05, 0.1) is 12.7 Å². The van der Waals surface area contributed by atoms with Gasteiger partial charge in [0.15, 0.2) is 0 Å². The first kappa shape index (κ1) is 17.1. The number of likely N-dealkylation sites (tertiary alicyclic amines) is 1. The summed E-state index contributed by atoms with van der Waals surface area (Å²) in [6.07, 6.45) is 4.09. The van der Waals surface area contributed by atoms with Crippen molar-refractivity contribution in [2.75, 3.05) is 19.3 Å². The minimum Gasteiger partial charge on any atom is -0.373 e. The van der Waals surface area contributed by atoms with Crippen LogP contribution in [0, 0.1) is 0 Å². The standard InChI is InChI=1S/C20H23NO2S/c1-24-19-9-7-17(8-10-19)20(22)21-13-11-18(12-14-21)23-15-16-5-3-2-4-6-16/h2-10,18H,11-15H2,1H3. The van der Waals surface area contributed by atoms with Crippen molar-refractivity contribution in [2.24, 2.45) is 0 Å². The summed E-state index contributed by atoms with van der Waals surface area (Å²) < 4.78 is 5.99. The van der Waals surface area contributed by atoms with Crippen molar-refractivity contribution in [2.45, 2.75) is 30.4 Å². The summed E-state index contributed by atoms with van der Waals surface area (Å²) in [5.74, 6) is 0.129. The minimum absolute atomic E-state index is 0.129. The first-order valence-corrected chi connectivity index (χ1v) is 9.57. The molecule has 1 amide bonds. The molecule has 3 nitrogen and oxygen atoms in total. The molecular weight excluding hydrogens is 318 g/mol. The van der Waals surface area contributed by atoms with Gasteiger partial charge < -0.3 is 9.64 Å². The highest BCUT2D eigenvalue weighted by atomic mass is 32.2. The van der Waals surface area contributed by atoms with Gasteiger partial charge in [-0.3, -0.25) is 4.79 Å². The molecule has 1 aliphatic heterocycles. The molecule has 0 aromatic heterocycles. The fourth-order valence-electron chi connectivity index (χ4n) is 2.93. The summed E-state index contributed by atoms with van der Waals surface area (Å²) in [7, 11) is 0. The van der Waals surface area contributed by atoms with Crippen LogP contribution in [-0.4, -0.2) is 36.3 Å². The van der Waals surface area contributed by atoms with E-state index in [1.54, 1.807) is 11.8 Å². The Morgan fingerprint density at radius 2 is 1.75 bits per heavy atom. The molecule has 1 saturated heterocycles. The Bertz CT molecular complexity index is 649. The predicted molar refractivity (Wildman–Crippen MR) is 98.4 cm³/mol. The van der Waals surface area contributed by atoms with E-state index in [1.807, 2.05) is 53.6 Å². The molecule has 2 aromatic carbocycles. The molecule has 0 radical (unpaired) electrons. The zero-order valence-electron chi connectivity index (χ0n) is 14.0. The minimum atomic E-state index is 0.129. The SMILES string of the molecule is CSc1ccc(C(=O)N2CCC(OCc3ccccc3)CC2)cc1. The quantitative estimate of drug-likeness (QED) is 0.762. The third-order valence-electron chi connectivity index (χ3n) is 4.39. The summed E-state index contributed by atoms with van der Waals surface area (Å²) >= 11 is 1.69. The van der Waals surface area contributed by atoms with Crippen LogP contribution >= 0.6 is 11.8 Å². The molecule has 0 bridgehead atoms. The number of amides is 1. The van der Waals surface area contributed by atoms with E-state index in [0.29, 0.717) is 6.61 Å². The molecule has 0 atom stereocenters. The molecule has 0 unspecified atom stereocenters. The maximum absolute atomic E-state index is 12.6. The van der Waals surface area contributed by atoms with E-state index in [2.05, 4.69) is 12.1 Å². The van der Waals surface area contributed by atoms with Crippen LogP contribution in [0.2, 0.25) is 0 Å². The number of piperidine rings is 1. The van der Waals surface area contributed by atoms with Crippen molar-refractivity contribution in [1.82, 2.24) is 4.90 Å². The number of nitrogens with zero attached hydrogens (tertiary/aromatic N) is 1. The van der Waals surface area contributed by atoms with E-state index in [0.717, 1.165) is 31.5 Å². The number of hydrogen-bond acceptors (Lipinski definition) is 3. The number of thioether (sulfide) groups is 1. The summed E-state index contributed by atoms with van der Waals surface area (Å²) in [5, 5.41) is 0. The molecule has 4 heteroatoms. The van der Waals surface area contributed by atoms with Crippen LogP contribution in [0.3, 0.4) is 0 Å². The van der Waals surface area contributed by atoms with Gasteiger partial charge in [-0.25, -0.2) is 0 Å². The second-order valence-corrected chi connectivity index (χ2v) is 6.90. The summed E-state index contributed by atoms with van der Waals surface area (Å²) in [6, 6.07) is 18.1. The Morgan fingerprint density at radius 3 is 2.38 bits per heavy atom. The highest BCUT2D eigenvalue weighted by Crippen LogP contribution is 2.20. The third kappa shape index (κ3) is 4.40. The molecule has 0 N–H and O–H groups in total. The van der Waals surface area contributed by atoms with Gasteiger partial charge in [-0.05, 0) is 48.9 Å². The molecule has 24 heavy (non-hydrogen) atoms. The number of ether oxygens (including phenoxy) is 1. The number of carbonyl (C=O) groups excluding carboxylic acids is 1. The number of rotatable bonds is 5. The largest absolute Gasteiger partial charge is 0.373 e. The second kappa shape index (κ2) is 8.36. The Morgan fingerprint density at radius 1 is 1.08 bits per heavy atom. The van der Waals surface area contributed by atoms with Crippen LogP contribution in [0.25, 0.3) is 0 Å². The molecule has 0 saturated carbocycles. The average molecular weight is 341 g/mol. The number of benzene rings is 2. The summed E-state index contributed by atoms with van der Waals surface area (Å²) in [4.78, 5) is 15.7. The monoisotopic (exact) mass is 341 g/mol. The maximum atomic E-state index is 12.6. The Hall–Kier alpha value is -1.78. The lowest BCUT2D eigenvalue weighted by Gasteiger charge is -2.32. The van der Waals surface area contributed by atoms with Crippen LogP contribution in [-0.2, 0) is 11.3 Å². The van der Waals surface area contributed by atoms with Crippen LogP contribution in [0.15, 0.2) is 59.5 Å². The molecule has 1 fully saturated rings. The van der Waals surface area contributed by atoms with E-state index < -0.39 is 0 Å². The van der Waals surface area contributed by atoms with Gasteiger partial charge in [-0.2, -0.15) is 0 Å². The molecule has 0 aliphatic carbocycles. The fraction of sp³-hybridized carbons (Fsp3) is 0.350. The van der Waals surface area contributed by atoms with Gasteiger partial charge in [0, 0.05) is 23.5 Å². The van der Waals surface area contributed by atoms with Crippen molar-refractivity contribution < 1.29 is 9.53 Å². The van der Waals surface area contributed by atoms with Gasteiger partial charge in [0.25, 0.3) is 5.91 Å². The predicted octanol–water partition coefficient (Wildman–Crippen LogP) is 4.23. The molecule has 0 spiro atoms. The van der Waals surface area contributed by atoms with Crippen LogP contribution in [0.4, 0.5) is 0 Å². The van der Waals surface area contributed by atoms with Gasteiger partial charge in [-0.1, -0.05) is 30.3 Å². The zero-order chi connectivity index (χ0) is 16.8. The third-order valence-corrected chi connectivity index (χ3v) is 5.14. The molecule has 2 aromatic rings. The zero-order valence-corrected chi connectivity index (χ0v) is 14.8. The Labute approximate surface area is 148 Å². The lowest BCUT2D eigenvalue weighted by Crippen LogP contribution is -2.40. The highest BCUT2D eigenvalue weighted by Gasteiger charge is 2.24. The fourth-order valence-corrected chi connectivity index (χ4v) is 3.34. The van der Waals surface area contributed by atoms with Crippen molar-refractivity contribution >= 4 is 17.7 Å². The molecule has 1 aliphatic rings. The Balaban J connectivity index is 1.48. The summed E-state index contributed by atoms with van der Waals surface area (Å²) in [5.41, 5.74) is 1.97. The van der Waals surface area contributed by atoms with Crippen LogP contribution in [0.1, 0.15) is 28.8 Å². The number of hydrogen-bond donors (Lipinski definition) is 0. The van der Waals surface area contributed by atoms with Gasteiger partial charge in [-0.15, -0.1) is 11.8 Å². The topological polar surface area (TPSA) is 29.5 Å². The summed E-state index contributed by atoms with van der Waals surface area (Å²) in [6.45, 7) is 2.18. The first-order chi connectivity index (χ1) is 11.8. The van der Waals surface area contributed by atoms with E-state index >= 15 is 0 Å². The van der Waals surface area contributed by atoms with E-state index in [4.69, 9.17) is 4.74 Å². The van der Waals surface area contributed by atoms with Gasteiger partial charge in [0.1, 0.15) is 0 Å². The van der Waals surface area contributed by atoms with E-state index in [-0.39, 0.29) is 12.0 Å². The van der Waals surface area contributed by atoms with Crippen molar-refractivity contribution in [3.63, 3.8) is 0 Å². The van der Waals surface area contributed by atoms with Gasteiger partial charge >= 0.3 is 0 Å². The van der Waals surface area contributed by atoms with Crippen LogP contribution in [0.5, 0.6) is 0 Å². The second-order valence-electron chi connectivity index (χ2n) is 6.02. The van der Waals surface area contributed by atoms with E-state index in [1.165, 1.54) is 10.5 Å². The Kier molecular flexibility index (Phi) is 5.94. The average Bonchev–Trinajstić information content (AvgIpc) is 2.67. The molecule has 3 rings (SSSR count). The van der Waals surface area contributed by atoms with E-state index in [9.17, 15) is 4.79 Å². The molecule has 126 valence electrons. The lowest BCUT2D eigenvalue weighted by molar-refractivity contribution is -0.000380. The van der Waals surface area contributed by atoms with Crippen molar-refractivity contribution in [3.8, 4) is 0 Å². The van der Waals surface area contributed by atoms with Gasteiger partial charge in [0.2, 0.25) is 0 Å². The number of carbonyl (C=O) groups is 1. The maximum Gasteiger partial charge on any atom is 0.253 e. The highest BCUT2D eigenvalue weighted by molar-refractivity contribution is 7.98. The molecule has 1 heterocycles. The van der Waals surface area contributed by atoms with Crippen molar-refractivity contribution in [3.05, 3.63) is 65.7 Å². The first-order valence-electron chi connectivity index (χ1n) is 8.35. The normalized spacial score (nSPS) is 15.5.